The van der Waals surface area contributed by atoms with Crippen LogP contribution in [0.1, 0.15) is 34.1 Å². The van der Waals surface area contributed by atoms with Gasteiger partial charge in [-0.2, -0.15) is 0 Å². The topological polar surface area (TPSA) is 45.1 Å². The number of rotatable bonds is 4. The van der Waals surface area contributed by atoms with Crippen LogP contribution >= 0.6 is 0 Å². The van der Waals surface area contributed by atoms with Crippen molar-refractivity contribution in [2.24, 2.45) is 0 Å². The zero-order valence-electron chi connectivity index (χ0n) is 8.53. The molecular formula is C9H20N2O. The highest BCUT2D eigenvalue weighted by Gasteiger charge is 2.08. The van der Waals surface area contributed by atoms with Crippen molar-refractivity contribution >= 4 is 5.84 Å². The van der Waals surface area contributed by atoms with E-state index in [4.69, 9.17) is 10.1 Å². The van der Waals surface area contributed by atoms with E-state index >= 15 is 0 Å². The van der Waals surface area contributed by atoms with E-state index in [0.717, 1.165) is 19.6 Å². The van der Waals surface area contributed by atoms with Gasteiger partial charge in [0.1, 0.15) is 0 Å². The van der Waals surface area contributed by atoms with E-state index in [0.29, 0.717) is 5.84 Å². The maximum Gasteiger partial charge on any atom is 0.0899 e. The Bertz CT molecular complexity index is 138. The first-order valence-electron chi connectivity index (χ1n) is 4.35. The number of hydrogen-bond acceptors (Lipinski definition) is 2. The summed E-state index contributed by atoms with van der Waals surface area (Å²) in [6.45, 7) is 9.45. The quantitative estimate of drug-likeness (QED) is 0.386. The van der Waals surface area contributed by atoms with Crippen LogP contribution in [0.25, 0.3) is 0 Å². The zero-order chi connectivity index (χ0) is 9.61. The summed E-state index contributed by atoms with van der Waals surface area (Å²) in [4.78, 5) is 0. The molecule has 0 saturated carbocycles. The fourth-order valence-corrected chi connectivity index (χ4v) is 0.726. The fraction of sp³-hybridized carbons (Fsp3) is 0.889. The lowest BCUT2D eigenvalue weighted by Crippen LogP contribution is -2.24. The van der Waals surface area contributed by atoms with Gasteiger partial charge in [-0.15, -0.1) is 0 Å². The zero-order valence-corrected chi connectivity index (χ0v) is 8.53. The Hall–Kier alpha value is -0.570. The average Bonchev–Trinajstić information content (AvgIpc) is 1.83. The third kappa shape index (κ3) is 9.43. The van der Waals surface area contributed by atoms with Gasteiger partial charge in [-0.05, 0) is 34.1 Å². The molecule has 0 aromatic carbocycles. The summed E-state index contributed by atoms with van der Waals surface area (Å²) in [5, 5.41) is 10.0. The maximum atomic E-state index is 7.10. The number of amidine groups is 1. The lowest BCUT2D eigenvalue weighted by atomic mass is 10.2. The molecule has 0 fully saturated rings. The minimum atomic E-state index is -0.0419. The van der Waals surface area contributed by atoms with Crippen molar-refractivity contribution in [3.8, 4) is 0 Å². The van der Waals surface area contributed by atoms with Crippen LogP contribution in [0.2, 0.25) is 0 Å². The van der Waals surface area contributed by atoms with Gasteiger partial charge in [-0.25, -0.2) is 0 Å². The highest BCUT2D eigenvalue weighted by molar-refractivity contribution is 5.75. The van der Waals surface area contributed by atoms with Crippen molar-refractivity contribution in [1.82, 2.24) is 5.32 Å². The summed E-state index contributed by atoms with van der Waals surface area (Å²) in [5.74, 6) is 0.519. The fourth-order valence-electron chi connectivity index (χ4n) is 0.726. The first-order chi connectivity index (χ1) is 5.42. The third-order valence-corrected chi connectivity index (χ3v) is 1.25. The molecule has 0 spiro atoms. The Balaban J connectivity index is 3.17. The van der Waals surface area contributed by atoms with Crippen LogP contribution in [0.5, 0.6) is 0 Å². The van der Waals surface area contributed by atoms with Crippen molar-refractivity contribution in [1.29, 1.82) is 5.41 Å². The first-order valence-corrected chi connectivity index (χ1v) is 4.35. The van der Waals surface area contributed by atoms with E-state index in [1.54, 1.807) is 6.92 Å². The van der Waals surface area contributed by atoms with Crippen molar-refractivity contribution in [3.05, 3.63) is 0 Å². The van der Waals surface area contributed by atoms with Gasteiger partial charge in [0.2, 0.25) is 0 Å². The Morgan fingerprint density at radius 2 is 2.00 bits per heavy atom. The summed E-state index contributed by atoms with van der Waals surface area (Å²) >= 11 is 0. The highest BCUT2D eigenvalue weighted by Crippen LogP contribution is 2.06. The molecular weight excluding hydrogens is 152 g/mol. The lowest BCUT2D eigenvalue weighted by Gasteiger charge is -2.19. The van der Waals surface area contributed by atoms with Gasteiger partial charge in [-0.3, -0.25) is 5.41 Å². The Morgan fingerprint density at radius 1 is 1.42 bits per heavy atom. The second-order valence-corrected chi connectivity index (χ2v) is 3.87. The summed E-state index contributed by atoms with van der Waals surface area (Å²) in [6, 6.07) is 0. The minimum Gasteiger partial charge on any atom is -0.376 e. The molecule has 0 aliphatic carbocycles. The molecule has 0 aliphatic rings. The molecule has 0 amide bonds. The van der Waals surface area contributed by atoms with Gasteiger partial charge in [0, 0.05) is 13.2 Å². The summed E-state index contributed by atoms with van der Waals surface area (Å²) in [5.41, 5.74) is -0.0419. The number of hydrogen-bond donors (Lipinski definition) is 2. The normalized spacial score (nSPS) is 11.3. The van der Waals surface area contributed by atoms with Gasteiger partial charge in [0.25, 0.3) is 0 Å². The molecule has 0 aromatic heterocycles. The Morgan fingerprint density at radius 3 is 2.42 bits per heavy atom. The molecule has 3 heteroatoms. The van der Waals surface area contributed by atoms with Crippen molar-refractivity contribution in [2.75, 3.05) is 13.2 Å². The van der Waals surface area contributed by atoms with E-state index in [1.165, 1.54) is 0 Å². The number of nitrogens with one attached hydrogen (secondary N) is 2. The first kappa shape index (κ1) is 11.4. The number of ether oxygens (including phenoxy) is 1. The Kier molecular flexibility index (Phi) is 4.90. The molecule has 3 nitrogen and oxygen atoms in total. The molecule has 0 saturated heterocycles. The standard InChI is InChI=1S/C9H20N2O/c1-8(10)11-6-5-7-12-9(2,3)4/h5-7H2,1-4H3,(H2,10,11). The van der Waals surface area contributed by atoms with Crippen LogP contribution in [0.15, 0.2) is 0 Å². The highest BCUT2D eigenvalue weighted by atomic mass is 16.5. The molecule has 0 aliphatic heterocycles. The molecule has 0 rings (SSSR count). The van der Waals surface area contributed by atoms with Gasteiger partial charge in [0.15, 0.2) is 0 Å². The van der Waals surface area contributed by atoms with Crippen LogP contribution < -0.4 is 5.32 Å². The van der Waals surface area contributed by atoms with E-state index < -0.39 is 0 Å². The summed E-state index contributed by atoms with van der Waals surface area (Å²) < 4.78 is 5.50. The van der Waals surface area contributed by atoms with Crippen molar-refractivity contribution < 1.29 is 4.74 Å². The molecule has 0 unspecified atom stereocenters. The lowest BCUT2D eigenvalue weighted by molar-refractivity contribution is -0.00343. The smallest absolute Gasteiger partial charge is 0.0899 e. The van der Waals surface area contributed by atoms with Gasteiger partial charge >= 0.3 is 0 Å². The SMILES string of the molecule is CC(=N)NCCCOC(C)(C)C. The predicted octanol–water partition coefficient (Wildman–Crippen LogP) is 1.78. The van der Waals surface area contributed by atoms with Crippen LogP contribution in [0.4, 0.5) is 0 Å². The van der Waals surface area contributed by atoms with Gasteiger partial charge in [0.05, 0.1) is 11.4 Å². The van der Waals surface area contributed by atoms with Crippen LogP contribution in [0.3, 0.4) is 0 Å². The molecule has 72 valence electrons. The molecule has 12 heavy (non-hydrogen) atoms. The second-order valence-electron chi connectivity index (χ2n) is 3.87. The summed E-state index contributed by atoms with van der Waals surface area (Å²) in [6.07, 6.45) is 0.952. The molecule has 0 radical (unpaired) electrons. The second kappa shape index (κ2) is 5.14. The van der Waals surface area contributed by atoms with Crippen LogP contribution in [-0.4, -0.2) is 24.6 Å². The summed E-state index contributed by atoms with van der Waals surface area (Å²) in [7, 11) is 0. The van der Waals surface area contributed by atoms with Crippen molar-refractivity contribution in [2.45, 2.75) is 39.7 Å². The van der Waals surface area contributed by atoms with E-state index in [1.807, 2.05) is 20.8 Å². The molecule has 0 heterocycles. The molecule has 0 atom stereocenters. The van der Waals surface area contributed by atoms with Crippen LogP contribution in [0, 0.1) is 5.41 Å². The predicted molar refractivity (Wildman–Crippen MR) is 51.7 cm³/mol. The third-order valence-electron chi connectivity index (χ3n) is 1.25. The van der Waals surface area contributed by atoms with Gasteiger partial charge in [-0.1, -0.05) is 0 Å². The molecule has 0 bridgehead atoms. The van der Waals surface area contributed by atoms with Crippen LogP contribution in [-0.2, 0) is 4.74 Å². The monoisotopic (exact) mass is 172 g/mol. The minimum absolute atomic E-state index is 0.0419. The van der Waals surface area contributed by atoms with E-state index in [-0.39, 0.29) is 5.60 Å². The Labute approximate surface area is 75.0 Å². The average molecular weight is 172 g/mol. The largest absolute Gasteiger partial charge is 0.376 e. The van der Waals surface area contributed by atoms with E-state index in [2.05, 4.69) is 5.32 Å². The maximum absolute atomic E-state index is 7.10. The van der Waals surface area contributed by atoms with Crippen molar-refractivity contribution in [3.63, 3.8) is 0 Å². The van der Waals surface area contributed by atoms with E-state index in [9.17, 15) is 0 Å². The van der Waals surface area contributed by atoms with Gasteiger partial charge < -0.3 is 10.1 Å². The molecule has 2 N–H and O–H groups in total. The molecule has 0 aromatic rings.